The quantitative estimate of drug-likeness (QED) is 0.605. The Morgan fingerprint density at radius 1 is 1.11 bits per heavy atom. The molecule has 0 amide bonds. The van der Waals surface area contributed by atoms with E-state index in [9.17, 15) is 14.1 Å². The summed E-state index contributed by atoms with van der Waals surface area (Å²) in [6.07, 6.45) is 6.53. The Morgan fingerprint density at radius 3 is 2.63 bits per heavy atom. The van der Waals surface area contributed by atoms with Crippen molar-refractivity contribution in [2.75, 3.05) is 25.0 Å². The zero-order chi connectivity index (χ0) is 24.7. The highest BCUT2D eigenvalue weighted by Crippen LogP contribution is 2.43. The monoisotopic (exact) mass is 496 g/mol. The molecule has 2 aromatic carbocycles. The van der Waals surface area contributed by atoms with Gasteiger partial charge in [-0.15, -0.1) is 0 Å². The standard InChI is InChI=1S/C28H36N2O4S/c1-17-21-11-13-30(35(33)20-7-5-4-6-8-20)16-24(21)18(2)27(23(17)15-26(31)32)22-9-10-25-28(19(22)3)29-12-14-34-25/h9-10,20,29H,4-8,11-16H2,1-3H3,(H,31,32). The van der Waals surface area contributed by atoms with E-state index in [4.69, 9.17) is 4.74 Å². The van der Waals surface area contributed by atoms with Crippen molar-refractivity contribution in [2.45, 2.75) is 77.5 Å². The molecule has 2 aromatic rings. The van der Waals surface area contributed by atoms with Crippen molar-refractivity contribution in [3.8, 4) is 16.9 Å². The minimum atomic E-state index is -0.974. The van der Waals surface area contributed by atoms with Gasteiger partial charge < -0.3 is 15.2 Å². The van der Waals surface area contributed by atoms with Gasteiger partial charge in [-0.1, -0.05) is 25.3 Å². The van der Waals surface area contributed by atoms with Gasteiger partial charge in [-0.3, -0.25) is 4.79 Å². The van der Waals surface area contributed by atoms with Crippen molar-refractivity contribution in [3.63, 3.8) is 0 Å². The van der Waals surface area contributed by atoms with Gasteiger partial charge in [-0.2, -0.15) is 0 Å². The smallest absolute Gasteiger partial charge is 0.307 e. The summed E-state index contributed by atoms with van der Waals surface area (Å²) in [6, 6.07) is 4.06. The molecular formula is C28H36N2O4S. The van der Waals surface area contributed by atoms with Crippen LogP contribution in [0.15, 0.2) is 12.1 Å². The Kier molecular flexibility index (Phi) is 6.91. The van der Waals surface area contributed by atoms with Gasteiger partial charge in [0.05, 0.1) is 23.1 Å². The molecule has 1 unspecified atom stereocenters. The van der Waals surface area contributed by atoms with E-state index in [1.807, 2.05) is 6.07 Å². The van der Waals surface area contributed by atoms with Crippen LogP contribution in [0, 0.1) is 20.8 Å². The molecule has 2 aliphatic heterocycles. The predicted molar refractivity (Wildman–Crippen MR) is 141 cm³/mol. The van der Waals surface area contributed by atoms with Gasteiger partial charge in [0.15, 0.2) is 0 Å². The first-order valence-corrected chi connectivity index (χ1v) is 14.1. The van der Waals surface area contributed by atoms with Gasteiger partial charge in [-0.25, -0.2) is 8.51 Å². The molecule has 1 atom stereocenters. The molecule has 1 saturated carbocycles. The Labute approximate surface area is 210 Å². The molecule has 2 heterocycles. The number of carboxylic acids is 1. The zero-order valence-electron chi connectivity index (χ0n) is 21.0. The number of benzene rings is 2. The summed E-state index contributed by atoms with van der Waals surface area (Å²) in [7, 11) is -0.974. The molecule has 6 nitrogen and oxygen atoms in total. The van der Waals surface area contributed by atoms with E-state index in [-0.39, 0.29) is 11.7 Å². The lowest BCUT2D eigenvalue weighted by molar-refractivity contribution is -0.136. The van der Waals surface area contributed by atoms with Gasteiger partial charge in [0.1, 0.15) is 12.4 Å². The van der Waals surface area contributed by atoms with Crippen molar-refractivity contribution >= 4 is 22.6 Å². The molecule has 0 aromatic heterocycles. The summed E-state index contributed by atoms with van der Waals surface area (Å²) >= 11 is 0. The van der Waals surface area contributed by atoms with Gasteiger partial charge in [-0.05, 0) is 90.6 Å². The Balaban J connectivity index is 1.61. The van der Waals surface area contributed by atoms with Crippen LogP contribution in [0.1, 0.15) is 65.5 Å². The molecule has 1 fully saturated rings. The van der Waals surface area contributed by atoms with Crippen molar-refractivity contribution in [2.24, 2.45) is 0 Å². The molecule has 0 radical (unpaired) electrons. The summed E-state index contributed by atoms with van der Waals surface area (Å²) in [5.74, 6) is 0.0280. The third-order valence-electron chi connectivity index (χ3n) is 8.12. The van der Waals surface area contributed by atoms with Crippen LogP contribution in [0.5, 0.6) is 5.75 Å². The lowest BCUT2D eigenvalue weighted by Crippen LogP contribution is -2.39. The summed E-state index contributed by atoms with van der Waals surface area (Å²) in [4.78, 5) is 11.9. The second-order valence-electron chi connectivity index (χ2n) is 10.2. The first kappa shape index (κ1) is 24.3. The number of fused-ring (bicyclic) bond motifs is 2. The highest BCUT2D eigenvalue weighted by Gasteiger charge is 2.32. The number of hydrogen-bond acceptors (Lipinski definition) is 4. The van der Waals surface area contributed by atoms with E-state index < -0.39 is 17.0 Å². The first-order chi connectivity index (χ1) is 16.9. The van der Waals surface area contributed by atoms with Crippen LogP contribution < -0.4 is 10.1 Å². The summed E-state index contributed by atoms with van der Waals surface area (Å²) in [5, 5.41) is 13.5. The molecule has 2 N–H and O–H groups in total. The second-order valence-corrected chi connectivity index (χ2v) is 11.9. The Hall–Kier alpha value is -2.38. The van der Waals surface area contributed by atoms with Crippen LogP contribution >= 0.6 is 0 Å². The summed E-state index contributed by atoms with van der Waals surface area (Å²) in [5.41, 5.74) is 9.70. The third-order valence-corrected chi connectivity index (χ3v) is 9.98. The normalized spacial score (nSPS) is 19.3. The van der Waals surface area contributed by atoms with E-state index in [0.29, 0.717) is 13.2 Å². The molecule has 3 aliphatic rings. The number of nitrogens with zero attached hydrogens (tertiary/aromatic N) is 1. The summed E-state index contributed by atoms with van der Waals surface area (Å²) in [6.45, 7) is 9.10. The molecule has 0 saturated heterocycles. The van der Waals surface area contributed by atoms with Gasteiger partial charge in [0, 0.05) is 24.9 Å². The van der Waals surface area contributed by atoms with E-state index in [1.165, 1.54) is 30.4 Å². The number of hydrogen-bond donors (Lipinski definition) is 2. The van der Waals surface area contributed by atoms with Crippen LogP contribution in [-0.4, -0.2) is 44.5 Å². The van der Waals surface area contributed by atoms with Crippen molar-refractivity contribution < 1.29 is 18.8 Å². The van der Waals surface area contributed by atoms with Crippen molar-refractivity contribution in [1.82, 2.24) is 4.31 Å². The lowest BCUT2D eigenvalue weighted by Gasteiger charge is -2.35. The fraction of sp³-hybridized carbons (Fsp3) is 0.536. The van der Waals surface area contributed by atoms with Crippen LogP contribution in [0.25, 0.3) is 11.1 Å². The molecule has 0 bridgehead atoms. The molecule has 7 heteroatoms. The third kappa shape index (κ3) is 4.49. The number of carbonyl (C=O) groups is 1. The van der Waals surface area contributed by atoms with E-state index in [2.05, 4.69) is 36.5 Å². The second kappa shape index (κ2) is 9.94. The van der Waals surface area contributed by atoms with Gasteiger partial charge in [0.2, 0.25) is 0 Å². The molecule has 188 valence electrons. The average Bonchev–Trinajstić information content (AvgIpc) is 2.88. The van der Waals surface area contributed by atoms with Gasteiger partial charge in [0.25, 0.3) is 0 Å². The number of nitrogens with one attached hydrogen (secondary N) is 1. The van der Waals surface area contributed by atoms with Crippen molar-refractivity contribution in [3.05, 3.63) is 45.5 Å². The average molecular weight is 497 g/mol. The van der Waals surface area contributed by atoms with E-state index in [1.54, 1.807) is 0 Å². The predicted octanol–water partition coefficient (Wildman–Crippen LogP) is 5.06. The molecule has 0 spiro atoms. The maximum absolute atomic E-state index is 13.5. The van der Waals surface area contributed by atoms with Gasteiger partial charge >= 0.3 is 5.97 Å². The van der Waals surface area contributed by atoms with E-state index >= 15 is 0 Å². The molecule has 35 heavy (non-hydrogen) atoms. The van der Waals surface area contributed by atoms with Crippen LogP contribution in [-0.2, 0) is 35.2 Å². The fourth-order valence-corrected chi connectivity index (χ4v) is 7.93. The Bertz CT molecular complexity index is 1190. The number of ether oxygens (including phenoxy) is 1. The maximum Gasteiger partial charge on any atom is 0.307 e. The lowest BCUT2D eigenvalue weighted by atomic mass is 9.80. The van der Waals surface area contributed by atoms with Crippen LogP contribution in [0.4, 0.5) is 5.69 Å². The number of anilines is 1. The van der Waals surface area contributed by atoms with E-state index in [0.717, 1.165) is 77.2 Å². The molecular weight excluding hydrogens is 460 g/mol. The Morgan fingerprint density at radius 2 is 1.89 bits per heavy atom. The molecule has 5 rings (SSSR count). The highest BCUT2D eigenvalue weighted by atomic mass is 32.2. The zero-order valence-corrected chi connectivity index (χ0v) is 21.9. The largest absolute Gasteiger partial charge is 0.490 e. The summed E-state index contributed by atoms with van der Waals surface area (Å²) < 4.78 is 21.5. The highest BCUT2D eigenvalue weighted by molar-refractivity contribution is 7.83. The fourth-order valence-electron chi connectivity index (χ4n) is 6.25. The number of aliphatic carboxylic acids is 1. The first-order valence-electron chi connectivity index (χ1n) is 12.9. The maximum atomic E-state index is 13.5. The minimum Gasteiger partial charge on any atom is -0.490 e. The number of carboxylic acid groups (broad SMARTS) is 1. The topological polar surface area (TPSA) is 78.9 Å². The van der Waals surface area contributed by atoms with Crippen molar-refractivity contribution in [1.29, 1.82) is 0 Å². The van der Waals surface area contributed by atoms with Crippen LogP contribution in [0.2, 0.25) is 0 Å². The number of rotatable bonds is 5. The van der Waals surface area contributed by atoms with Crippen LogP contribution in [0.3, 0.4) is 0 Å². The minimum absolute atomic E-state index is 0.00649. The SMILES string of the molecule is Cc1c2c(c(C)c(-c3ccc4c(c3C)NCCO4)c1CC(=O)O)CN(S(=O)C1CCCCC1)CC2. The molecule has 1 aliphatic carbocycles.